The number of aromatic nitrogens is 3. The average molecular weight is 356 g/mol. The van der Waals surface area contributed by atoms with Gasteiger partial charge in [-0.05, 0) is 38.1 Å². The molecule has 0 amide bonds. The molecule has 4 rings (SSSR count). The number of hydrogen-bond donors (Lipinski definition) is 1. The van der Waals surface area contributed by atoms with Crippen LogP contribution >= 0.6 is 0 Å². The first-order valence-electron chi connectivity index (χ1n) is 8.61. The smallest absolute Gasteiger partial charge is 0.341 e. The number of ether oxygens (including phenoxy) is 1. The van der Waals surface area contributed by atoms with E-state index >= 15 is 0 Å². The summed E-state index contributed by atoms with van der Waals surface area (Å²) in [6, 6.07) is 3.86. The predicted molar refractivity (Wildman–Crippen MR) is 93.1 cm³/mol. The van der Waals surface area contributed by atoms with Crippen molar-refractivity contribution in [1.82, 2.24) is 19.7 Å². The van der Waals surface area contributed by atoms with Gasteiger partial charge in [-0.25, -0.2) is 9.89 Å². The number of nitrogens with one attached hydrogen (secondary N) is 1. The number of carbonyl (C=O) groups excluding carboxylic acids is 1. The summed E-state index contributed by atoms with van der Waals surface area (Å²) in [7, 11) is 1.31. The summed E-state index contributed by atoms with van der Waals surface area (Å²) in [6.45, 7) is 2.55. The van der Waals surface area contributed by atoms with Crippen LogP contribution in [-0.4, -0.2) is 45.8 Å². The SMILES string of the molecule is COC(=O)c1cn(C[C@H](c2ccco2)N2CCCC2)cc2c(=O)[nH]nc1-2. The molecule has 1 atom stereocenters. The Balaban J connectivity index is 1.75. The molecule has 8 nitrogen and oxygen atoms in total. The lowest BCUT2D eigenvalue weighted by atomic mass is 10.1. The summed E-state index contributed by atoms with van der Waals surface area (Å²) in [5, 5.41) is 6.36. The molecule has 1 saturated heterocycles. The van der Waals surface area contributed by atoms with E-state index in [1.807, 2.05) is 16.7 Å². The van der Waals surface area contributed by atoms with Crippen molar-refractivity contribution in [2.24, 2.45) is 0 Å². The van der Waals surface area contributed by atoms with Gasteiger partial charge in [0.25, 0.3) is 5.56 Å². The van der Waals surface area contributed by atoms with Crippen LogP contribution in [0.5, 0.6) is 0 Å². The number of hydrogen-bond acceptors (Lipinski definition) is 6. The van der Waals surface area contributed by atoms with Gasteiger partial charge in [-0.1, -0.05) is 0 Å². The van der Waals surface area contributed by atoms with E-state index in [9.17, 15) is 9.59 Å². The molecule has 0 saturated carbocycles. The highest BCUT2D eigenvalue weighted by molar-refractivity contribution is 5.95. The fourth-order valence-electron chi connectivity index (χ4n) is 3.57. The van der Waals surface area contributed by atoms with Gasteiger partial charge in [0.15, 0.2) is 0 Å². The summed E-state index contributed by atoms with van der Waals surface area (Å²) >= 11 is 0. The van der Waals surface area contributed by atoms with Gasteiger partial charge in [0.1, 0.15) is 17.0 Å². The van der Waals surface area contributed by atoms with Crippen LogP contribution in [0.25, 0.3) is 11.3 Å². The Morgan fingerprint density at radius 1 is 1.38 bits per heavy atom. The van der Waals surface area contributed by atoms with Gasteiger partial charge in [-0.2, -0.15) is 5.10 Å². The van der Waals surface area contributed by atoms with E-state index in [1.54, 1.807) is 18.7 Å². The maximum Gasteiger partial charge on any atom is 0.341 e. The second-order valence-corrected chi connectivity index (χ2v) is 6.45. The number of fused-ring (bicyclic) bond motifs is 1. The molecule has 26 heavy (non-hydrogen) atoms. The molecule has 136 valence electrons. The van der Waals surface area contributed by atoms with E-state index in [0.29, 0.717) is 17.8 Å². The van der Waals surface area contributed by atoms with Crippen molar-refractivity contribution >= 4 is 5.97 Å². The molecule has 1 aromatic heterocycles. The van der Waals surface area contributed by atoms with Crippen LogP contribution in [0, 0.1) is 0 Å². The van der Waals surface area contributed by atoms with Gasteiger partial charge in [0, 0.05) is 18.9 Å². The third kappa shape index (κ3) is 2.92. The minimum Gasteiger partial charge on any atom is -0.468 e. The molecular weight excluding hydrogens is 336 g/mol. The van der Waals surface area contributed by atoms with Crippen molar-refractivity contribution in [3.8, 4) is 11.3 Å². The largest absolute Gasteiger partial charge is 0.468 e. The van der Waals surface area contributed by atoms with Crippen molar-refractivity contribution in [2.45, 2.75) is 25.4 Å². The van der Waals surface area contributed by atoms with Gasteiger partial charge in [-0.3, -0.25) is 9.69 Å². The molecule has 8 heteroatoms. The minimum absolute atomic E-state index is 0.0300. The topological polar surface area (TPSA) is 93.4 Å². The van der Waals surface area contributed by atoms with Crippen LogP contribution in [0.1, 0.15) is 35.0 Å². The Morgan fingerprint density at radius 2 is 2.19 bits per heavy atom. The number of pyridine rings is 1. The van der Waals surface area contributed by atoms with Crippen LogP contribution < -0.4 is 5.56 Å². The Bertz CT molecular complexity index is 921. The molecule has 0 aliphatic carbocycles. The molecule has 1 N–H and O–H groups in total. The monoisotopic (exact) mass is 356 g/mol. The summed E-state index contributed by atoms with van der Waals surface area (Å²) in [5.74, 6) is 0.347. The molecule has 3 aliphatic heterocycles. The molecule has 0 radical (unpaired) electrons. The van der Waals surface area contributed by atoms with Crippen molar-refractivity contribution in [2.75, 3.05) is 20.2 Å². The van der Waals surface area contributed by atoms with Crippen LogP contribution in [-0.2, 0) is 11.3 Å². The van der Waals surface area contributed by atoms with Gasteiger partial charge in [0.05, 0.1) is 25.0 Å². The number of esters is 1. The van der Waals surface area contributed by atoms with Crippen LogP contribution in [0.15, 0.2) is 40.0 Å². The third-order valence-corrected chi connectivity index (χ3v) is 4.86. The summed E-state index contributed by atoms with van der Waals surface area (Å²) in [4.78, 5) is 26.6. The Morgan fingerprint density at radius 3 is 2.88 bits per heavy atom. The van der Waals surface area contributed by atoms with Gasteiger partial charge in [-0.15, -0.1) is 0 Å². The minimum atomic E-state index is -0.522. The number of rotatable bonds is 5. The van der Waals surface area contributed by atoms with E-state index in [2.05, 4.69) is 15.1 Å². The Labute approximate surface area is 149 Å². The summed E-state index contributed by atoms with van der Waals surface area (Å²) in [6.07, 6.45) is 7.37. The zero-order valence-corrected chi connectivity index (χ0v) is 14.5. The predicted octanol–water partition coefficient (Wildman–Crippen LogP) is 1.89. The lowest BCUT2D eigenvalue weighted by Gasteiger charge is -2.27. The molecule has 1 fully saturated rings. The van der Waals surface area contributed by atoms with Crippen molar-refractivity contribution in [1.29, 1.82) is 0 Å². The van der Waals surface area contributed by atoms with Crippen LogP contribution in [0.2, 0.25) is 0 Å². The summed E-state index contributed by atoms with van der Waals surface area (Å²) in [5.41, 5.74) is 0.638. The van der Waals surface area contributed by atoms with Crippen LogP contribution in [0.4, 0.5) is 0 Å². The van der Waals surface area contributed by atoms with Gasteiger partial charge in [0.2, 0.25) is 0 Å². The first kappa shape index (κ1) is 16.6. The van der Waals surface area contributed by atoms with E-state index in [1.165, 1.54) is 7.11 Å². The van der Waals surface area contributed by atoms with Gasteiger partial charge >= 0.3 is 5.97 Å². The molecule has 0 bridgehead atoms. The standard InChI is InChI=1S/C18H20N4O4/c1-25-18(24)13-10-21(9-12-16(13)19-20-17(12)23)11-14(15-5-4-8-26-15)22-6-2-3-7-22/h4-5,8-10,14H,2-3,6-7,11H2,1H3,(H,20,23)/t14-/m1/s1. The zero-order chi connectivity index (χ0) is 18.1. The Hall–Kier alpha value is -2.87. The highest BCUT2D eigenvalue weighted by atomic mass is 16.5. The fourth-order valence-corrected chi connectivity index (χ4v) is 3.57. The second kappa shape index (κ2) is 6.80. The van der Waals surface area contributed by atoms with Crippen LogP contribution in [0.3, 0.4) is 0 Å². The van der Waals surface area contributed by atoms with Gasteiger partial charge < -0.3 is 13.7 Å². The maximum absolute atomic E-state index is 12.1. The maximum atomic E-state index is 12.1. The zero-order valence-electron chi connectivity index (χ0n) is 14.5. The lowest BCUT2D eigenvalue weighted by Crippen LogP contribution is -2.29. The molecule has 1 aromatic rings. The number of aromatic amines is 1. The average Bonchev–Trinajstić information content (AvgIpc) is 3.41. The lowest BCUT2D eigenvalue weighted by molar-refractivity contribution is 0.0600. The number of H-pyrrole nitrogens is 1. The van der Waals surface area contributed by atoms with Crippen molar-refractivity contribution < 1.29 is 13.9 Å². The van der Waals surface area contributed by atoms with E-state index in [-0.39, 0.29) is 17.2 Å². The highest BCUT2D eigenvalue weighted by Crippen LogP contribution is 2.28. The number of furan rings is 1. The molecule has 0 spiro atoms. The molecule has 3 aliphatic rings. The number of likely N-dealkylation sites (tertiary alicyclic amines) is 1. The van der Waals surface area contributed by atoms with Crippen molar-refractivity contribution in [3.63, 3.8) is 0 Å². The first-order valence-corrected chi connectivity index (χ1v) is 8.61. The van der Waals surface area contributed by atoms with Crippen molar-refractivity contribution in [3.05, 3.63) is 52.5 Å². The first-order chi connectivity index (χ1) is 12.7. The van der Waals surface area contributed by atoms with E-state index in [4.69, 9.17) is 9.15 Å². The number of methoxy groups -OCH3 is 1. The normalized spacial score (nSPS) is 16.2. The second-order valence-electron chi connectivity index (χ2n) is 6.45. The highest BCUT2D eigenvalue weighted by Gasteiger charge is 2.28. The molecular formula is C18H20N4O4. The number of nitrogens with zero attached hydrogens (tertiary/aromatic N) is 3. The number of carbonyl (C=O) groups is 1. The molecule has 0 unspecified atom stereocenters. The van der Waals surface area contributed by atoms with E-state index < -0.39 is 5.97 Å². The Kier molecular flexibility index (Phi) is 4.34. The molecule has 0 aromatic carbocycles. The van der Waals surface area contributed by atoms with E-state index in [0.717, 1.165) is 31.7 Å². The fraction of sp³-hybridized carbons (Fsp3) is 0.389. The molecule has 4 heterocycles. The quantitative estimate of drug-likeness (QED) is 0.702. The summed E-state index contributed by atoms with van der Waals surface area (Å²) < 4.78 is 12.3. The third-order valence-electron chi connectivity index (χ3n) is 4.86.